The van der Waals surface area contributed by atoms with Crippen LogP contribution in [0.25, 0.3) is 0 Å². The predicted molar refractivity (Wildman–Crippen MR) is 166 cm³/mol. The molecule has 0 amide bonds. The highest BCUT2D eigenvalue weighted by atomic mass is 79.9. The lowest BCUT2D eigenvalue weighted by Crippen LogP contribution is -2.57. The van der Waals surface area contributed by atoms with Crippen molar-refractivity contribution < 1.29 is 9.53 Å². The van der Waals surface area contributed by atoms with Crippen LogP contribution in [0, 0.1) is 58.2 Å². The van der Waals surface area contributed by atoms with Crippen LogP contribution in [0.15, 0.2) is 28.7 Å². The molecule has 4 saturated carbocycles. The van der Waals surface area contributed by atoms with E-state index >= 15 is 0 Å². The number of carbonyl (C=O) groups is 1. The summed E-state index contributed by atoms with van der Waals surface area (Å²) in [6, 6.07) is 7.63. The molecule has 0 radical (unpaired) electrons. The number of hydrogen-bond acceptors (Lipinski definition) is 2. The van der Waals surface area contributed by atoms with E-state index in [4.69, 9.17) is 4.74 Å². The summed E-state index contributed by atoms with van der Waals surface area (Å²) >= 11 is 3.48. The molecule has 39 heavy (non-hydrogen) atoms. The lowest BCUT2D eigenvalue weighted by atomic mass is 9.43. The molecule has 0 heterocycles. The van der Waals surface area contributed by atoms with Crippen molar-refractivity contribution in [3.63, 3.8) is 0 Å². The standard InChI is InChI=1S/C36H55BrO2/c1-7-27-30-16-15-28-31-18-17-29(24(4)10-8-9-23(2)3)35(31,5)21-19-32(28)36(30,6)22-20-33(27)39-34(38)25-11-13-26(37)14-12-25/h11-14,23-24,27-33H,7-10,15-22H2,1-6H3/t24-,27+,28+,29-,30+,31+,32+,33+,35-,36+/m1/s1. The normalized spacial score (nSPS) is 40.5. The fourth-order valence-electron chi connectivity index (χ4n) is 11.0. The summed E-state index contributed by atoms with van der Waals surface area (Å²) < 4.78 is 7.26. The summed E-state index contributed by atoms with van der Waals surface area (Å²) in [6.07, 6.45) is 16.2. The van der Waals surface area contributed by atoms with Gasteiger partial charge in [0.2, 0.25) is 0 Å². The van der Waals surface area contributed by atoms with Gasteiger partial charge in [0, 0.05) is 4.47 Å². The summed E-state index contributed by atoms with van der Waals surface area (Å²) in [6.45, 7) is 15.0. The van der Waals surface area contributed by atoms with Crippen molar-refractivity contribution in [2.45, 2.75) is 125 Å². The van der Waals surface area contributed by atoms with Crippen molar-refractivity contribution in [1.82, 2.24) is 0 Å². The first-order chi connectivity index (χ1) is 18.6. The minimum Gasteiger partial charge on any atom is -0.458 e. The minimum atomic E-state index is -0.142. The molecule has 4 aliphatic carbocycles. The third-order valence-electron chi connectivity index (χ3n) is 12.9. The lowest BCUT2D eigenvalue weighted by Gasteiger charge is -2.63. The number of rotatable bonds is 8. The smallest absolute Gasteiger partial charge is 0.338 e. The molecule has 4 fully saturated rings. The van der Waals surface area contributed by atoms with Crippen molar-refractivity contribution >= 4 is 21.9 Å². The average Bonchev–Trinajstić information content (AvgIpc) is 3.26. The molecule has 0 N–H and O–H groups in total. The van der Waals surface area contributed by atoms with E-state index < -0.39 is 0 Å². The van der Waals surface area contributed by atoms with Gasteiger partial charge in [0.1, 0.15) is 6.10 Å². The summed E-state index contributed by atoms with van der Waals surface area (Å²) in [5.41, 5.74) is 1.64. The Labute approximate surface area is 247 Å². The first-order valence-corrected chi connectivity index (χ1v) is 17.3. The Morgan fingerprint density at radius 3 is 2.26 bits per heavy atom. The van der Waals surface area contributed by atoms with Gasteiger partial charge in [-0.05, 0) is 140 Å². The third kappa shape index (κ3) is 5.53. The molecule has 0 unspecified atom stereocenters. The van der Waals surface area contributed by atoms with E-state index in [-0.39, 0.29) is 12.1 Å². The largest absolute Gasteiger partial charge is 0.458 e. The van der Waals surface area contributed by atoms with E-state index in [2.05, 4.69) is 57.5 Å². The molecule has 4 aliphatic rings. The Morgan fingerprint density at radius 1 is 0.897 bits per heavy atom. The number of esters is 1. The number of hydrogen-bond donors (Lipinski definition) is 0. The van der Waals surface area contributed by atoms with Crippen molar-refractivity contribution in [3.05, 3.63) is 34.3 Å². The fraction of sp³-hybridized carbons (Fsp3) is 0.806. The Balaban J connectivity index is 1.27. The van der Waals surface area contributed by atoms with E-state index in [0.717, 1.165) is 52.8 Å². The van der Waals surface area contributed by atoms with E-state index in [1.54, 1.807) is 0 Å². The molecule has 1 aromatic carbocycles. The summed E-state index contributed by atoms with van der Waals surface area (Å²) in [7, 11) is 0. The third-order valence-corrected chi connectivity index (χ3v) is 13.4. The predicted octanol–water partition coefficient (Wildman–Crippen LogP) is 10.7. The first-order valence-electron chi connectivity index (χ1n) is 16.5. The lowest BCUT2D eigenvalue weighted by molar-refractivity contribution is -0.154. The quantitative estimate of drug-likeness (QED) is 0.278. The van der Waals surface area contributed by atoms with Crippen molar-refractivity contribution in [2.75, 3.05) is 0 Å². The molecule has 218 valence electrons. The van der Waals surface area contributed by atoms with Gasteiger partial charge >= 0.3 is 5.97 Å². The molecule has 1 aromatic rings. The highest BCUT2D eigenvalue weighted by Gasteiger charge is 2.62. The highest BCUT2D eigenvalue weighted by Crippen LogP contribution is 2.69. The van der Waals surface area contributed by atoms with Crippen molar-refractivity contribution in [2.24, 2.45) is 58.2 Å². The van der Waals surface area contributed by atoms with E-state index in [9.17, 15) is 4.79 Å². The second kappa shape index (κ2) is 11.8. The summed E-state index contributed by atoms with van der Waals surface area (Å²) in [5.74, 6) is 6.39. The average molecular weight is 600 g/mol. The Bertz CT molecular complexity index is 986. The molecule has 0 bridgehead atoms. The summed E-state index contributed by atoms with van der Waals surface area (Å²) in [5, 5.41) is 0. The zero-order valence-corrected chi connectivity index (χ0v) is 27.3. The Morgan fingerprint density at radius 2 is 1.56 bits per heavy atom. The molecule has 0 aliphatic heterocycles. The monoisotopic (exact) mass is 598 g/mol. The van der Waals surface area contributed by atoms with Gasteiger partial charge in [0.15, 0.2) is 0 Å². The number of ether oxygens (including phenoxy) is 1. The van der Waals surface area contributed by atoms with Crippen LogP contribution < -0.4 is 0 Å². The Kier molecular flexibility index (Phi) is 8.98. The van der Waals surface area contributed by atoms with Gasteiger partial charge in [-0.3, -0.25) is 0 Å². The van der Waals surface area contributed by atoms with Crippen LogP contribution in [-0.2, 0) is 4.74 Å². The van der Waals surface area contributed by atoms with Gasteiger partial charge in [-0.25, -0.2) is 4.79 Å². The van der Waals surface area contributed by atoms with E-state index in [0.29, 0.717) is 28.2 Å². The zero-order chi connectivity index (χ0) is 27.9. The van der Waals surface area contributed by atoms with Gasteiger partial charge in [0.25, 0.3) is 0 Å². The van der Waals surface area contributed by atoms with Crippen LogP contribution in [0.2, 0.25) is 0 Å². The van der Waals surface area contributed by atoms with Gasteiger partial charge in [-0.2, -0.15) is 0 Å². The van der Waals surface area contributed by atoms with Gasteiger partial charge in [-0.15, -0.1) is 0 Å². The molecule has 3 heteroatoms. The van der Waals surface area contributed by atoms with Crippen LogP contribution >= 0.6 is 15.9 Å². The van der Waals surface area contributed by atoms with Gasteiger partial charge in [0.05, 0.1) is 5.56 Å². The van der Waals surface area contributed by atoms with Crippen LogP contribution in [0.4, 0.5) is 0 Å². The van der Waals surface area contributed by atoms with Crippen LogP contribution in [0.3, 0.4) is 0 Å². The minimum absolute atomic E-state index is 0.0668. The van der Waals surface area contributed by atoms with Gasteiger partial charge in [-0.1, -0.05) is 76.7 Å². The maximum absolute atomic E-state index is 13.1. The van der Waals surface area contributed by atoms with Crippen molar-refractivity contribution in [1.29, 1.82) is 0 Å². The topological polar surface area (TPSA) is 26.3 Å². The van der Waals surface area contributed by atoms with Crippen LogP contribution in [0.1, 0.15) is 129 Å². The molecular formula is C36H55BrO2. The van der Waals surface area contributed by atoms with E-state index in [1.165, 1.54) is 64.2 Å². The summed E-state index contributed by atoms with van der Waals surface area (Å²) in [4.78, 5) is 13.1. The number of fused-ring (bicyclic) bond motifs is 5. The molecule has 0 spiro atoms. The number of benzene rings is 1. The number of halogens is 1. The van der Waals surface area contributed by atoms with Crippen LogP contribution in [0.5, 0.6) is 0 Å². The maximum Gasteiger partial charge on any atom is 0.338 e. The highest BCUT2D eigenvalue weighted by molar-refractivity contribution is 9.10. The molecular weight excluding hydrogens is 544 g/mol. The SMILES string of the molecule is CC[C@@H]1[C@@H](OC(=O)c2ccc(Br)cc2)CC[C@@]2(C)[C@H]1CC[C@@H]1[C@@H]2CC[C@]2(C)[C@@H]([C@H](C)CCCC(C)C)CC[C@@H]12. The first kappa shape index (κ1) is 29.7. The van der Waals surface area contributed by atoms with Crippen molar-refractivity contribution in [3.8, 4) is 0 Å². The maximum atomic E-state index is 13.1. The van der Waals surface area contributed by atoms with Crippen LogP contribution in [-0.4, -0.2) is 12.1 Å². The fourth-order valence-corrected chi connectivity index (χ4v) is 11.3. The Hall–Kier alpha value is -0.830. The number of carbonyl (C=O) groups excluding carboxylic acids is 1. The molecule has 0 aromatic heterocycles. The molecule has 2 nitrogen and oxygen atoms in total. The zero-order valence-electron chi connectivity index (χ0n) is 25.7. The van der Waals surface area contributed by atoms with E-state index in [1.807, 2.05) is 24.3 Å². The second-order valence-corrected chi connectivity index (χ2v) is 16.1. The molecule has 10 atom stereocenters. The molecule has 0 saturated heterocycles. The molecule has 5 rings (SSSR count). The second-order valence-electron chi connectivity index (χ2n) is 15.2. The van der Waals surface area contributed by atoms with Gasteiger partial charge < -0.3 is 4.74 Å².